The SMILES string of the molecule is CCC1(C(=O)O)C=C(I)CC(C)(C(=O)O)C1. The van der Waals surface area contributed by atoms with Crippen molar-refractivity contribution in [3.63, 3.8) is 0 Å². The summed E-state index contributed by atoms with van der Waals surface area (Å²) < 4.78 is 0.818. The molecule has 2 unspecified atom stereocenters. The summed E-state index contributed by atoms with van der Waals surface area (Å²) in [5.41, 5.74) is -2.00. The Kier molecular flexibility index (Phi) is 3.66. The van der Waals surface area contributed by atoms with Gasteiger partial charge in [-0.25, -0.2) is 0 Å². The smallest absolute Gasteiger partial charge is 0.313 e. The van der Waals surface area contributed by atoms with Crippen LogP contribution in [0.25, 0.3) is 0 Å². The first-order chi connectivity index (χ1) is 7.26. The van der Waals surface area contributed by atoms with E-state index in [0.29, 0.717) is 12.8 Å². The monoisotopic (exact) mass is 338 g/mol. The largest absolute Gasteiger partial charge is 0.481 e. The predicted octanol–water partition coefficient (Wildman–Crippen LogP) is 2.67. The molecule has 2 N–H and O–H groups in total. The van der Waals surface area contributed by atoms with E-state index in [2.05, 4.69) is 0 Å². The van der Waals surface area contributed by atoms with E-state index in [1.807, 2.05) is 22.6 Å². The van der Waals surface area contributed by atoms with Crippen LogP contribution in [0.3, 0.4) is 0 Å². The topological polar surface area (TPSA) is 74.6 Å². The van der Waals surface area contributed by atoms with Crippen LogP contribution in [0.4, 0.5) is 0 Å². The number of carboxylic acid groups (broad SMARTS) is 2. The lowest BCUT2D eigenvalue weighted by atomic mass is 9.65. The van der Waals surface area contributed by atoms with E-state index in [-0.39, 0.29) is 6.42 Å². The Hall–Kier alpha value is -0.590. The molecule has 4 nitrogen and oxygen atoms in total. The van der Waals surface area contributed by atoms with Crippen molar-refractivity contribution in [3.8, 4) is 0 Å². The van der Waals surface area contributed by atoms with Gasteiger partial charge in [0.1, 0.15) is 0 Å². The molecule has 0 aromatic heterocycles. The maximum Gasteiger partial charge on any atom is 0.313 e. The fourth-order valence-corrected chi connectivity index (χ4v) is 3.64. The van der Waals surface area contributed by atoms with Gasteiger partial charge in [0.25, 0.3) is 0 Å². The molecule has 0 radical (unpaired) electrons. The molecule has 0 saturated heterocycles. The molecule has 0 fully saturated rings. The molecule has 2 atom stereocenters. The van der Waals surface area contributed by atoms with Gasteiger partial charge in [0.15, 0.2) is 0 Å². The van der Waals surface area contributed by atoms with Crippen LogP contribution in [0.15, 0.2) is 9.66 Å². The summed E-state index contributed by atoms with van der Waals surface area (Å²) in [7, 11) is 0. The summed E-state index contributed by atoms with van der Waals surface area (Å²) in [5.74, 6) is -1.86. The first-order valence-corrected chi connectivity index (χ1v) is 6.18. The molecule has 5 heteroatoms. The lowest BCUT2D eigenvalue weighted by Crippen LogP contribution is -2.42. The van der Waals surface area contributed by atoms with Crippen LogP contribution in [0.2, 0.25) is 0 Å². The third-order valence-electron chi connectivity index (χ3n) is 3.27. The van der Waals surface area contributed by atoms with E-state index in [1.54, 1.807) is 19.9 Å². The Bertz CT molecular complexity index is 363. The van der Waals surface area contributed by atoms with Crippen molar-refractivity contribution in [2.24, 2.45) is 10.8 Å². The molecule has 0 amide bonds. The third kappa shape index (κ3) is 2.23. The zero-order valence-corrected chi connectivity index (χ0v) is 11.4. The molecule has 90 valence electrons. The van der Waals surface area contributed by atoms with Crippen LogP contribution in [0.5, 0.6) is 0 Å². The number of rotatable bonds is 3. The highest BCUT2D eigenvalue weighted by molar-refractivity contribution is 14.1. The lowest BCUT2D eigenvalue weighted by molar-refractivity contribution is -0.155. The average Bonchev–Trinajstić information content (AvgIpc) is 2.15. The average molecular weight is 338 g/mol. The Morgan fingerprint density at radius 2 is 2.00 bits per heavy atom. The Morgan fingerprint density at radius 1 is 1.44 bits per heavy atom. The third-order valence-corrected chi connectivity index (χ3v) is 3.96. The van der Waals surface area contributed by atoms with E-state index in [0.717, 1.165) is 3.58 Å². The molecule has 0 aliphatic heterocycles. The van der Waals surface area contributed by atoms with E-state index in [1.165, 1.54) is 0 Å². The molecule has 1 aliphatic rings. The summed E-state index contributed by atoms with van der Waals surface area (Å²) in [6.07, 6.45) is 2.70. The van der Waals surface area contributed by atoms with Gasteiger partial charge >= 0.3 is 11.9 Å². The molecule has 0 spiro atoms. The fourth-order valence-electron chi connectivity index (χ4n) is 2.20. The van der Waals surface area contributed by atoms with Gasteiger partial charge in [-0.15, -0.1) is 0 Å². The number of allylic oxidation sites excluding steroid dienone is 1. The predicted molar refractivity (Wildman–Crippen MR) is 67.4 cm³/mol. The van der Waals surface area contributed by atoms with Gasteiger partial charge in [0.05, 0.1) is 10.8 Å². The normalized spacial score (nSPS) is 34.3. The van der Waals surface area contributed by atoms with E-state index in [9.17, 15) is 19.8 Å². The van der Waals surface area contributed by atoms with Crippen LogP contribution in [-0.4, -0.2) is 22.2 Å². The summed E-state index contributed by atoms with van der Waals surface area (Å²) in [6.45, 7) is 3.40. The Labute approximate surface area is 108 Å². The van der Waals surface area contributed by atoms with Crippen molar-refractivity contribution in [2.75, 3.05) is 0 Å². The van der Waals surface area contributed by atoms with Gasteiger partial charge < -0.3 is 10.2 Å². The van der Waals surface area contributed by atoms with Crippen molar-refractivity contribution < 1.29 is 19.8 Å². The van der Waals surface area contributed by atoms with Crippen molar-refractivity contribution >= 4 is 34.5 Å². The lowest BCUT2D eigenvalue weighted by Gasteiger charge is -2.38. The number of carboxylic acids is 2. The van der Waals surface area contributed by atoms with Gasteiger partial charge in [0, 0.05) is 0 Å². The summed E-state index contributed by atoms with van der Waals surface area (Å²) in [4.78, 5) is 22.5. The molecule has 0 saturated carbocycles. The quantitative estimate of drug-likeness (QED) is 0.776. The number of aliphatic carboxylic acids is 2. The van der Waals surface area contributed by atoms with E-state index in [4.69, 9.17) is 0 Å². The first kappa shape index (κ1) is 13.5. The number of halogens is 1. The molecular formula is C11H15IO4. The Morgan fingerprint density at radius 3 is 2.38 bits per heavy atom. The molecule has 1 rings (SSSR count). The molecule has 1 aliphatic carbocycles. The molecule has 0 aromatic rings. The Balaban J connectivity index is 3.20. The summed E-state index contributed by atoms with van der Waals surface area (Å²) in [5, 5.41) is 18.5. The molecule has 0 aromatic carbocycles. The van der Waals surface area contributed by atoms with Gasteiger partial charge in [0.2, 0.25) is 0 Å². The minimum atomic E-state index is -1.03. The van der Waals surface area contributed by atoms with Gasteiger partial charge in [-0.1, -0.05) is 13.0 Å². The van der Waals surface area contributed by atoms with Crippen LogP contribution in [0.1, 0.15) is 33.1 Å². The summed E-state index contributed by atoms with van der Waals surface area (Å²) in [6, 6.07) is 0. The van der Waals surface area contributed by atoms with Gasteiger partial charge in [-0.2, -0.15) is 0 Å². The van der Waals surface area contributed by atoms with E-state index < -0.39 is 22.8 Å². The highest BCUT2D eigenvalue weighted by Crippen LogP contribution is 2.48. The van der Waals surface area contributed by atoms with E-state index >= 15 is 0 Å². The maximum absolute atomic E-state index is 11.3. The number of hydrogen-bond donors (Lipinski definition) is 2. The molecule has 16 heavy (non-hydrogen) atoms. The molecular weight excluding hydrogens is 323 g/mol. The second-order valence-electron chi connectivity index (χ2n) is 4.63. The highest BCUT2D eigenvalue weighted by atomic mass is 127. The van der Waals surface area contributed by atoms with Crippen LogP contribution >= 0.6 is 22.6 Å². The van der Waals surface area contributed by atoms with Crippen LogP contribution < -0.4 is 0 Å². The van der Waals surface area contributed by atoms with Crippen molar-refractivity contribution in [1.82, 2.24) is 0 Å². The highest BCUT2D eigenvalue weighted by Gasteiger charge is 2.49. The number of carbonyl (C=O) groups is 2. The minimum Gasteiger partial charge on any atom is -0.481 e. The molecule has 0 heterocycles. The zero-order chi connectivity index (χ0) is 12.6. The fraction of sp³-hybridized carbons (Fsp3) is 0.636. The van der Waals surface area contributed by atoms with Gasteiger partial charge in [-0.05, 0) is 52.4 Å². The minimum absolute atomic E-state index is 0.160. The van der Waals surface area contributed by atoms with Crippen LogP contribution in [0, 0.1) is 10.8 Å². The van der Waals surface area contributed by atoms with Crippen molar-refractivity contribution in [2.45, 2.75) is 33.1 Å². The number of hydrogen-bond acceptors (Lipinski definition) is 2. The zero-order valence-electron chi connectivity index (χ0n) is 9.29. The van der Waals surface area contributed by atoms with Crippen molar-refractivity contribution in [3.05, 3.63) is 9.66 Å². The maximum atomic E-state index is 11.3. The summed E-state index contributed by atoms with van der Waals surface area (Å²) >= 11 is 2.03. The standard InChI is InChI=1S/C11H15IO4/c1-3-11(9(15)16)5-7(12)4-10(2,6-11)8(13)14/h5H,3-4,6H2,1-2H3,(H,13,14)(H,15,16). The molecule has 0 bridgehead atoms. The van der Waals surface area contributed by atoms with Crippen molar-refractivity contribution in [1.29, 1.82) is 0 Å². The van der Waals surface area contributed by atoms with Gasteiger partial charge in [-0.3, -0.25) is 9.59 Å². The second-order valence-corrected chi connectivity index (χ2v) is 6.01. The van der Waals surface area contributed by atoms with Crippen LogP contribution in [-0.2, 0) is 9.59 Å². The first-order valence-electron chi connectivity index (χ1n) is 5.10. The second kappa shape index (κ2) is 4.35.